The van der Waals surface area contributed by atoms with Gasteiger partial charge >= 0.3 is 5.97 Å². The van der Waals surface area contributed by atoms with E-state index in [9.17, 15) is 9.90 Å². The summed E-state index contributed by atoms with van der Waals surface area (Å²) in [5.74, 6) is -0.144. The van der Waals surface area contributed by atoms with Crippen molar-refractivity contribution in [3.8, 4) is 0 Å². The minimum absolute atomic E-state index is 0.353. The van der Waals surface area contributed by atoms with Gasteiger partial charge in [-0.25, -0.2) is 0 Å². The number of piperidine rings is 1. The van der Waals surface area contributed by atoms with Crippen molar-refractivity contribution < 1.29 is 9.90 Å². The van der Waals surface area contributed by atoms with Crippen LogP contribution in [0.25, 0.3) is 0 Å². The largest absolute Gasteiger partial charge is 0.481 e. The Bertz CT molecular complexity index is 248. The van der Waals surface area contributed by atoms with E-state index in [-0.39, 0.29) is 5.41 Å². The van der Waals surface area contributed by atoms with Crippen LogP contribution in [0.3, 0.4) is 0 Å². The molecule has 1 N–H and O–H groups in total. The van der Waals surface area contributed by atoms with E-state index in [1.54, 1.807) is 0 Å². The van der Waals surface area contributed by atoms with Crippen LogP contribution in [-0.4, -0.2) is 35.6 Å². The van der Waals surface area contributed by atoms with Crippen molar-refractivity contribution in [2.45, 2.75) is 39.0 Å². The lowest BCUT2D eigenvalue weighted by Gasteiger charge is -2.47. The van der Waals surface area contributed by atoms with Gasteiger partial charge in [-0.3, -0.25) is 4.79 Å². The maximum Gasteiger partial charge on any atom is 0.309 e. The normalized spacial score (nSPS) is 30.9. The van der Waals surface area contributed by atoms with E-state index in [4.69, 9.17) is 0 Å². The number of hydrogen-bond donors (Lipinski definition) is 1. The fourth-order valence-electron chi connectivity index (χ4n) is 3.15. The summed E-state index contributed by atoms with van der Waals surface area (Å²) in [6, 6.07) is 0. The van der Waals surface area contributed by atoms with Crippen LogP contribution < -0.4 is 0 Å². The molecule has 1 saturated carbocycles. The predicted octanol–water partition coefficient (Wildman–Crippen LogP) is 1.97. The molecule has 1 aliphatic heterocycles. The summed E-state index contributed by atoms with van der Waals surface area (Å²) in [6.45, 7) is 5.38. The maximum absolute atomic E-state index is 11.4. The van der Waals surface area contributed by atoms with Crippen LogP contribution in [0.2, 0.25) is 0 Å². The van der Waals surface area contributed by atoms with Gasteiger partial charge in [0.15, 0.2) is 0 Å². The van der Waals surface area contributed by atoms with Crippen LogP contribution in [-0.2, 0) is 4.79 Å². The molecule has 2 rings (SSSR count). The van der Waals surface area contributed by atoms with E-state index in [1.165, 1.54) is 6.42 Å². The zero-order valence-electron chi connectivity index (χ0n) is 9.54. The van der Waals surface area contributed by atoms with Gasteiger partial charge < -0.3 is 10.0 Å². The molecule has 0 amide bonds. The summed E-state index contributed by atoms with van der Waals surface area (Å²) in [7, 11) is 0. The van der Waals surface area contributed by atoms with Crippen molar-refractivity contribution >= 4 is 5.97 Å². The minimum Gasteiger partial charge on any atom is -0.481 e. The van der Waals surface area contributed by atoms with Crippen molar-refractivity contribution in [3.05, 3.63) is 0 Å². The van der Waals surface area contributed by atoms with Gasteiger partial charge in [-0.15, -0.1) is 0 Å². The first-order valence-corrected chi connectivity index (χ1v) is 6.15. The summed E-state index contributed by atoms with van der Waals surface area (Å²) >= 11 is 0. The Hall–Kier alpha value is -0.570. The average Bonchev–Trinajstić information content (AvgIpc) is 2.16. The third-order valence-electron chi connectivity index (χ3n) is 4.41. The average molecular weight is 211 g/mol. The number of hydrogen-bond acceptors (Lipinski definition) is 2. The molecule has 1 unspecified atom stereocenters. The number of carboxylic acids is 1. The lowest BCUT2D eigenvalue weighted by atomic mass is 9.59. The summed E-state index contributed by atoms with van der Waals surface area (Å²) in [5, 5.41) is 9.38. The summed E-state index contributed by atoms with van der Waals surface area (Å²) in [6.07, 6.45) is 5.21. The van der Waals surface area contributed by atoms with Crippen molar-refractivity contribution in [2.24, 2.45) is 11.3 Å². The highest BCUT2D eigenvalue weighted by Gasteiger charge is 2.50. The highest BCUT2D eigenvalue weighted by molar-refractivity contribution is 5.76. The van der Waals surface area contributed by atoms with Crippen LogP contribution in [0, 0.1) is 11.3 Å². The number of nitrogens with zero attached hydrogens (tertiary/aromatic N) is 1. The first-order valence-electron chi connectivity index (χ1n) is 6.15. The molecule has 2 aliphatic rings. The molecular formula is C12H21NO2. The number of carbonyl (C=O) groups is 1. The van der Waals surface area contributed by atoms with E-state index in [1.807, 2.05) is 0 Å². The van der Waals surface area contributed by atoms with Gasteiger partial charge in [-0.05, 0) is 44.7 Å². The first kappa shape index (κ1) is 10.9. The van der Waals surface area contributed by atoms with Crippen LogP contribution >= 0.6 is 0 Å². The molecule has 1 atom stereocenters. The standard InChI is InChI=1S/C12H21NO2/c1-2-13-8-3-5-10(9-13)12(11(14)15)6-4-7-12/h10H,2-9H2,1H3,(H,14,15). The number of rotatable bonds is 3. The van der Waals surface area contributed by atoms with E-state index in [0.29, 0.717) is 5.92 Å². The molecule has 15 heavy (non-hydrogen) atoms. The zero-order chi connectivity index (χ0) is 10.9. The SMILES string of the molecule is CCN1CCCC(C2(C(=O)O)CCC2)C1. The molecule has 2 fully saturated rings. The Kier molecular flexibility index (Phi) is 3.01. The highest BCUT2D eigenvalue weighted by Crippen LogP contribution is 2.50. The van der Waals surface area contributed by atoms with Crippen LogP contribution in [0.5, 0.6) is 0 Å². The van der Waals surface area contributed by atoms with Gasteiger partial charge in [0.1, 0.15) is 0 Å². The molecule has 0 spiro atoms. The smallest absolute Gasteiger partial charge is 0.309 e. The molecule has 0 aromatic rings. The van der Waals surface area contributed by atoms with Gasteiger partial charge in [0.2, 0.25) is 0 Å². The number of carboxylic acid groups (broad SMARTS) is 1. The third kappa shape index (κ3) is 1.78. The van der Waals surface area contributed by atoms with Gasteiger partial charge in [0.25, 0.3) is 0 Å². The Morgan fingerprint density at radius 3 is 2.67 bits per heavy atom. The molecule has 3 nitrogen and oxygen atoms in total. The topological polar surface area (TPSA) is 40.5 Å². The molecule has 0 radical (unpaired) electrons. The Labute approximate surface area is 91.5 Å². The van der Waals surface area contributed by atoms with Crippen molar-refractivity contribution in [1.29, 1.82) is 0 Å². The molecule has 0 aromatic carbocycles. The van der Waals surface area contributed by atoms with Crippen molar-refractivity contribution in [2.75, 3.05) is 19.6 Å². The molecule has 1 saturated heterocycles. The van der Waals surface area contributed by atoms with Gasteiger partial charge in [-0.2, -0.15) is 0 Å². The van der Waals surface area contributed by atoms with Gasteiger partial charge in [0, 0.05) is 6.54 Å². The van der Waals surface area contributed by atoms with Crippen molar-refractivity contribution in [3.63, 3.8) is 0 Å². The molecule has 0 aromatic heterocycles. The predicted molar refractivity (Wildman–Crippen MR) is 58.8 cm³/mol. The van der Waals surface area contributed by atoms with Crippen LogP contribution in [0.4, 0.5) is 0 Å². The monoisotopic (exact) mass is 211 g/mol. The maximum atomic E-state index is 11.4. The van der Waals surface area contributed by atoms with E-state index in [2.05, 4.69) is 11.8 Å². The van der Waals surface area contributed by atoms with E-state index >= 15 is 0 Å². The van der Waals surface area contributed by atoms with Gasteiger partial charge in [-0.1, -0.05) is 13.3 Å². The molecule has 0 bridgehead atoms. The lowest BCUT2D eigenvalue weighted by Crippen LogP contribution is -2.51. The molecule has 1 aliphatic carbocycles. The summed E-state index contributed by atoms with van der Waals surface area (Å²) < 4.78 is 0. The van der Waals surface area contributed by atoms with Crippen LogP contribution in [0.15, 0.2) is 0 Å². The second kappa shape index (κ2) is 4.12. The Balaban J connectivity index is 2.05. The second-order valence-electron chi connectivity index (χ2n) is 5.05. The minimum atomic E-state index is -0.545. The second-order valence-corrected chi connectivity index (χ2v) is 5.05. The lowest BCUT2D eigenvalue weighted by molar-refractivity contribution is -0.162. The summed E-state index contributed by atoms with van der Waals surface area (Å²) in [5.41, 5.74) is -0.353. The Morgan fingerprint density at radius 2 is 2.20 bits per heavy atom. The van der Waals surface area contributed by atoms with Gasteiger partial charge in [0.05, 0.1) is 5.41 Å². The van der Waals surface area contributed by atoms with E-state index in [0.717, 1.165) is 45.3 Å². The van der Waals surface area contributed by atoms with E-state index < -0.39 is 5.97 Å². The number of likely N-dealkylation sites (tertiary alicyclic amines) is 1. The fourth-order valence-corrected chi connectivity index (χ4v) is 3.15. The van der Waals surface area contributed by atoms with Crippen LogP contribution in [0.1, 0.15) is 39.0 Å². The summed E-state index contributed by atoms with van der Waals surface area (Å²) in [4.78, 5) is 13.8. The quantitative estimate of drug-likeness (QED) is 0.776. The molecule has 3 heteroatoms. The fraction of sp³-hybridized carbons (Fsp3) is 0.917. The highest BCUT2D eigenvalue weighted by atomic mass is 16.4. The molecule has 1 heterocycles. The van der Waals surface area contributed by atoms with Crippen molar-refractivity contribution in [1.82, 2.24) is 4.90 Å². The third-order valence-corrected chi connectivity index (χ3v) is 4.41. The molecule has 86 valence electrons. The number of aliphatic carboxylic acids is 1. The Morgan fingerprint density at radius 1 is 1.47 bits per heavy atom. The zero-order valence-corrected chi connectivity index (χ0v) is 9.54. The molecular weight excluding hydrogens is 190 g/mol. The first-order chi connectivity index (χ1) is 7.19.